The van der Waals surface area contributed by atoms with Gasteiger partial charge >= 0.3 is 0 Å². The second-order valence-corrected chi connectivity index (χ2v) is 7.19. The van der Waals surface area contributed by atoms with E-state index in [0.717, 1.165) is 18.8 Å². The number of para-hydroxylation sites is 1. The van der Waals surface area contributed by atoms with Crippen LogP contribution >= 0.6 is 0 Å². The number of carbonyl (C=O) groups is 1. The fourth-order valence-corrected chi connectivity index (χ4v) is 3.58. The Bertz CT molecular complexity index is 1090. The molecule has 0 aliphatic carbocycles. The minimum Gasteiger partial charge on any atom is -0.496 e. The van der Waals surface area contributed by atoms with Crippen LogP contribution in [0.3, 0.4) is 0 Å². The second-order valence-electron chi connectivity index (χ2n) is 7.19. The number of halogens is 1. The highest BCUT2D eigenvalue weighted by atomic mass is 19.1. The quantitative estimate of drug-likeness (QED) is 0.504. The number of amides is 1. The maximum Gasteiger partial charge on any atom is 0.273 e. The third kappa shape index (κ3) is 4.48. The number of nitrogens with two attached hydrogens (primary N) is 1. The van der Waals surface area contributed by atoms with Crippen LogP contribution in [0, 0.1) is 5.82 Å². The predicted octanol–water partition coefficient (Wildman–Crippen LogP) is 2.29. The topological polar surface area (TPSA) is 109 Å². The predicted molar refractivity (Wildman–Crippen MR) is 121 cm³/mol. The number of benzene rings is 2. The van der Waals surface area contributed by atoms with Crippen molar-refractivity contribution < 1.29 is 13.9 Å². The summed E-state index contributed by atoms with van der Waals surface area (Å²) in [5, 5.41) is 0. The number of nitrogens with one attached hydrogen (secondary N) is 2. The largest absolute Gasteiger partial charge is 0.496 e. The van der Waals surface area contributed by atoms with E-state index in [1.165, 1.54) is 25.6 Å². The summed E-state index contributed by atoms with van der Waals surface area (Å²) < 4.78 is 18.4. The van der Waals surface area contributed by atoms with Gasteiger partial charge in [0.15, 0.2) is 11.6 Å². The Morgan fingerprint density at radius 2 is 1.72 bits per heavy atom. The zero-order valence-electron chi connectivity index (χ0n) is 17.6. The minimum atomic E-state index is -0.380. The number of piperazine rings is 1. The monoisotopic (exact) mass is 437 g/mol. The first-order chi connectivity index (χ1) is 15.6. The smallest absolute Gasteiger partial charge is 0.273 e. The summed E-state index contributed by atoms with van der Waals surface area (Å²) in [6.45, 7) is 2.85. The second kappa shape index (κ2) is 9.38. The van der Waals surface area contributed by atoms with Crippen LogP contribution in [-0.4, -0.2) is 49.2 Å². The summed E-state index contributed by atoms with van der Waals surface area (Å²) in [7, 11) is 1.50. The van der Waals surface area contributed by atoms with Gasteiger partial charge in [0.25, 0.3) is 5.91 Å². The molecule has 3 aromatic rings. The molecule has 32 heavy (non-hydrogen) atoms. The van der Waals surface area contributed by atoms with Crippen molar-refractivity contribution in [2.75, 3.05) is 54.2 Å². The fourth-order valence-electron chi connectivity index (χ4n) is 3.58. The van der Waals surface area contributed by atoms with Gasteiger partial charge in [0.1, 0.15) is 23.6 Å². The number of hydrogen-bond donors (Lipinski definition) is 3. The maximum atomic E-state index is 13.2. The number of rotatable bonds is 6. The summed E-state index contributed by atoms with van der Waals surface area (Å²) in [5.41, 5.74) is 13.4. The molecular weight excluding hydrogens is 413 g/mol. The normalized spacial score (nSPS) is 13.6. The third-order valence-corrected chi connectivity index (χ3v) is 5.28. The summed E-state index contributed by atoms with van der Waals surface area (Å²) in [4.78, 5) is 25.2. The SMILES string of the molecule is COc1ccccc1C(=O)NNc1ncnc(N2CCN(c3ccc(F)cc3)CC2)c1N. The molecule has 1 fully saturated rings. The molecule has 166 valence electrons. The molecule has 10 heteroatoms. The first-order valence-electron chi connectivity index (χ1n) is 10.1. The van der Waals surface area contributed by atoms with E-state index < -0.39 is 0 Å². The van der Waals surface area contributed by atoms with E-state index in [0.29, 0.717) is 41.7 Å². The van der Waals surface area contributed by atoms with Crippen molar-refractivity contribution in [3.05, 3.63) is 66.2 Å². The Hall–Kier alpha value is -4.08. The molecule has 4 N–H and O–H groups in total. The molecule has 1 aromatic heterocycles. The van der Waals surface area contributed by atoms with Gasteiger partial charge in [-0.1, -0.05) is 12.1 Å². The zero-order valence-corrected chi connectivity index (χ0v) is 17.6. The number of methoxy groups -OCH3 is 1. The lowest BCUT2D eigenvalue weighted by Crippen LogP contribution is -2.47. The number of anilines is 4. The summed E-state index contributed by atoms with van der Waals surface area (Å²) in [5.74, 6) is 0.725. The van der Waals surface area contributed by atoms with Crippen molar-refractivity contribution in [2.24, 2.45) is 0 Å². The number of nitrogens with zero attached hydrogens (tertiary/aromatic N) is 4. The maximum absolute atomic E-state index is 13.2. The molecule has 0 atom stereocenters. The van der Waals surface area contributed by atoms with E-state index >= 15 is 0 Å². The van der Waals surface area contributed by atoms with Crippen LogP contribution in [0.15, 0.2) is 54.9 Å². The van der Waals surface area contributed by atoms with Crippen LogP contribution in [0.4, 0.5) is 27.4 Å². The van der Waals surface area contributed by atoms with Gasteiger partial charge in [0.2, 0.25) is 0 Å². The van der Waals surface area contributed by atoms with Gasteiger partial charge in [-0.15, -0.1) is 0 Å². The molecule has 0 saturated carbocycles. The van der Waals surface area contributed by atoms with Gasteiger partial charge < -0.3 is 20.3 Å². The highest BCUT2D eigenvalue weighted by Crippen LogP contribution is 2.27. The Labute approximate surface area is 185 Å². The van der Waals surface area contributed by atoms with Crippen LogP contribution in [0.5, 0.6) is 5.75 Å². The minimum absolute atomic E-state index is 0.251. The van der Waals surface area contributed by atoms with Gasteiger partial charge in [-0.25, -0.2) is 14.4 Å². The molecule has 0 unspecified atom stereocenters. The molecule has 2 heterocycles. The highest BCUT2D eigenvalue weighted by Gasteiger charge is 2.22. The van der Waals surface area contributed by atoms with Crippen LogP contribution in [-0.2, 0) is 0 Å². The Kier molecular flexibility index (Phi) is 6.20. The molecular formula is C22H24FN7O2. The van der Waals surface area contributed by atoms with Crippen molar-refractivity contribution in [1.82, 2.24) is 15.4 Å². The number of carbonyl (C=O) groups excluding carboxylic acids is 1. The molecule has 1 aliphatic heterocycles. The average molecular weight is 437 g/mol. The van der Waals surface area contributed by atoms with Crippen molar-refractivity contribution in [2.45, 2.75) is 0 Å². The zero-order chi connectivity index (χ0) is 22.5. The Morgan fingerprint density at radius 1 is 1.03 bits per heavy atom. The first-order valence-corrected chi connectivity index (χ1v) is 10.1. The van der Waals surface area contributed by atoms with Crippen LogP contribution < -0.4 is 31.1 Å². The average Bonchev–Trinajstić information content (AvgIpc) is 2.84. The van der Waals surface area contributed by atoms with E-state index in [-0.39, 0.29) is 11.7 Å². The summed E-state index contributed by atoms with van der Waals surface area (Å²) in [6, 6.07) is 13.4. The standard InChI is InChI=1S/C22H24FN7O2/c1-32-18-5-3-2-4-17(18)22(31)28-27-20-19(24)21(26-14-25-20)30-12-10-29(11-13-30)16-8-6-15(23)7-9-16/h2-9,14H,10-13,24H2,1H3,(H,28,31)(H,25,26,27). The molecule has 4 rings (SSSR count). The number of ether oxygens (including phenoxy) is 1. The molecule has 1 amide bonds. The van der Waals surface area contributed by atoms with E-state index in [1.54, 1.807) is 36.4 Å². The molecule has 9 nitrogen and oxygen atoms in total. The van der Waals surface area contributed by atoms with Crippen LogP contribution in [0.2, 0.25) is 0 Å². The van der Waals surface area contributed by atoms with E-state index in [2.05, 4.69) is 30.6 Å². The van der Waals surface area contributed by atoms with E-state index in [1.807, 2.05) is 0 Å². The molecule has 1 saturated heterocycles. The third-order valence-electron chi connectivity index (χ3n) is 5.28. The van der Waals surface area contributed by atoms with E-state index in [9.17, 15) is 9.18 Å². The van der Waals surface area contributed by atoms with Gasteiger partial charge in [-0.05, 0) is 36.4 Å². The Morgan fingerprint density at radius 3 is 2.44 bits per heavy atom. The first kappa shape index (κ1) is 21.2. The van der Waals surface area contributed by atoms with Crippen molar-refractivity contribution in [3.8, 4) is 5.75 Å². The number of hydrogen-bond acceptors (Lipinski definition) is 8. The summed E-state index contributed by atoms with van der Waals surface area (Å²) >= 11 is 0. The van der Waals surface area contributed by atoms with Gasteiger partial charge in [0.05, 0.1) is 12.7 Å². The van der Waals surface area contributed by atoms with Crippen LogP contribution in [0.25, 0.3) is 0 Å². The molecule has 0 spiro atoms. The van der Waals surface area contributed by atoms with Crippen molar-refractivity contribution >= 4 is 28.9 Å². The molecule has 0 bridgehead atoms. The van der Waals surface area contributed by atoms with E-state index in [4.69, 9.17) is 10.5 Å². The lowest BCUT2D eigenvalue weighted by molar-refractivity contribution is 0.0959. The fraction of sp³-hybridized carbons (Fsp3) is 0.227. The van der Waals surface area contributed by atoms with Gasteiger partial charge in [0, 0.05) is 31.9 Å². The van der Waals surface area contributed by atoms with Gasteiger partial charge in [-0.3, -0.25) is 15.6 Å². The number of hydrazine groups is 1. The van der Waals surface area contributed by atoms with Crippen LogP contribution in [0.1, 0.15) is 10.4 Å². The van der Waals surface area contributed by atoms with Crippen molar-refractivity contribution in [3.63, 3.8) is 0 Å². The summed E-state index contributed by atoms with van der Waals surface area (Å²) in [6.07, 6.45) is 1.40. The Balaban J connectivity index is 1.40. The van der Waals surface area contributed by atoms with Gasteiger partial charge in [-0.2, -0.15) is 0 Å². The molecule has 2 aromatic carbocycles. The molecule has 0 radical (unpaired) electrons. The lowest BCUT2D eigenvalue weighted by Gasteiger charge is -2.37. The highest BCUT2D eigenvalue weighted by molar-refractivity contribution is 5.97. The molecule has 1 aliphatic rings. The lowest BCUT2D eigenvalue weighted by atomic mass is 10.2. The van der Waals surface area contributed by atoms with Crippen molar-refractivity contribution in [1.29, 1.82) is 0 Å². The number of aromatic nitrogens is 2. The number of nitrogen functional groups attached to an aromatic ring is 1.